The third kappa shape index (κ3) is 3.72. The van der Waals surface area contributed by atoms with Crippen LogP contribution in [0.5, 0.6) is 0 Å². The van der Waals surface area contributed by atoms with Crippen molar-refractivity contribution in [3.63, 3.8) is 0 Å². The largest absolute Gasteiger partial charge is 0.453 e. The molecule has 110 valence electrons. The molecule has 1 fully saturated rings. The van der Waals surface area contributed by atoms with E-state index in [9.17, 15) is 4.79 Å². The predicted molar refractivity (Wildman–Crippen MR) is 77.2 cm³/mol. The Kier molecular flexibility index (Phi) is 5.00. The third-order valence-electron chi connectivity index (χ3n) is 3.22. The van der Waals surface area contributed by atoms with E-state index < -0.39 is 6.09 Å². The van der Waals surface area contributed by atoms with Crippen LogP contribution < -0.4 is 10.2 Å². The third-order valence-corrected chi connectivity index (χ3v) is 3.41. The maximum atomic E-state index is 11.2. The molecule has 1 aromatic rings. The van der Waals surface area contributed by atoms with E-state index in [0.717, 1.165) is 37.4 Å². The number of alkyl carbamates (subject to hydrolysis) is 1. The molecule has 6 nitrogen and oxygen atoms in total. The Morgan fingerprint density at radius 1 is 1.60 bits per heavy atom. The van der Waals surface area contributed by atoms with Gasteiger partial charge in [-0.15, -0.1) is 0 Å². The maximum absolute atomic E-state index is 11.2. The number of carbonyl (C=O) groups is 1. The van der Waals surface area contributed by atoms with Crippen LogP contribution in [0.15, 0.2) is 6.07 Å². The number of methoxy groups -OCH3 is 1. The lowest BCUT2D eigenvalue weighted by molar-refractivity contribution is 0.167. The number of nitrogens with zero attached hydrogens (tertiary/aromatic N) is 3. The van der Waals surface area contributed by atoms with E-state index in [1.165, 1.54) is 7.11 Å². The Bertz CT molecular complexity index is 483. The smallest absolute Gasteiger partial charge is 0.407 e. The van der Waals surface area contributed by atoms with Gasteiger partial charge in [0.1, 0.15) is 16.8 Å². The van der Waals surface area contributed by atoms with Crippen molar-refractivity contribution in [2.75, 3.05) is 25.1 Å². The minimum absolute atomic E-state index is 0.0748. The number of carbonyl (C=O) groups excluding carboxylic acids is 1. The first-order valence-corrected chi connectivity index (χ1v) is 7.13. The molecule has 0 saturated carbocycles. The second kappa shape index (κ2) is 6.74. The first kappa shape index (κ1) is 14.8. The van der Waals surface area contributed by atoms with Crippen LogP contribution >= 0.6 is 11.6 Å². The number of anilines is 1. The Morgan fingerprint density at radius 2 is 2.40 bits per heavy atom. The second-order valence-corrected chi connectivity index (χ2v) is 5.17. The predicted octanol–water partition coefficient (Wildman–Crippen LogP) is 2.02. The summed E-state index contributed by atoms with van der Waals surface area (Å²) in [6.07, 6.45) is 2.25. The van der Waals surface area contributed by atoms with E-state index in [2.05, 4.69) is 31.8 Å². The molecule has 1 saturated heterocycles. The molecule has 1 aromatic heterocycles. The number of rotatable bonds is 4. The zero-order chi connectivity index (χ0) is 14.5. The highest BCUT2D eigenvalue weighted by molar-refractivity contribution is 6.29. The van der Waals surface area contributed by atoms with Crippen molar-refractivity contribution in [1.82, 2.24) is 15.3 Å². The summed E-state index contributed by atoms with van der Waals surface area (Å²) < 4.78 is 4.61. The molecule has 1 N–H and O–H groups in total. The number of hydrogen-bond acceptors (Lipinski definition) is 5. The van der Waals surface area contributed by atoms with E-state index in [1.54, 1.807) is 6.07 Å². The lowest BCUT2D eigenvalue weighted by Gasteiger charge is -2.18. The number of hydrogen-bond donors (Lipinski definition) is 1. The number of aromatic nitrogens is 2. The molecule has 0 aliphatic carbocycles. The molecule has 0 aromatic carbocycles. The van der Waals surface area contributed by atoms with Gasteiger partial charge in [0.25, 0.3) is 0 Å². The van der Waals surface area contributed by atoms with Crippen molar-refractivity contribution in [3.8, 4) is 0 Å². The highest BCUT2D eigenvalue weighted by atomic mass is 35.5. The lowest BCUT2D eigenvalue weighted by Crippen LogP contribution is -2.37. The highest BCUT2D eigenvalue weighted by Crippen LogP contribution is 2.21. The minimum atomic E-state index is -0.399. The first-order chi connectivity index (χ1) is 9.62. The fourth-order valence-corrected chi connectivity index (χ4v) is 2.46. The van der Waals surface area contributed by atoms with Crippen LogP contribution in [0.4, 0.5) is 10.6 Å². The summed E-state index contributed by atoms with van der Waals surface area (Å²) in [7, 11) is 1.36. The summed E-state index contributed by atoms with van der Waals surface area (Å²) in [6.45, 7) is 3.61. The van der Waals surface area contributed by atoms with Crippen LogP contribution in [-0.2, 0) is 11.2 Å². The summed E-state index contributed by atoms with van der Waals surface area (Å²) in [6, 6.07) is 1.84. The van der Waals surface area contributed by atoms with Gasteiger partial charge >= 0.3 is 6.09 Å². The van der Waals surface area contributed by atoms with E-state index in [0.29, 0.717) is 11.7 Å². The Hall–Kier alpha value is -1.56. The van der Waals surface area contributed by atoms with Gasteiger partial charge in [-0.05, 0) is 12.8 Å². The van der Waals surface area contributed by atoms with Crippen LogP contribution in [0.3, 0.4) is 0 Å². The van der Waals surface area contributed by atoms with Crippen LogP contribution in [0.25, 0.3) is 0 Å². The summed E-state index contributed by atoms with van der Waals surface area (Å²) in [4.78, 5) is 22.0. The molecule has 1 atom stereocenters. The summed E-state index contributed by atoms with van der Waals surface area (Å²) in [5, 5.41) is 3.26. The van der Waals surface area contributed by atoms with Crippen molar-refractivity contribution in [3.05, 3.63) is 17.0 Å². The molecule has 20 heavy (non-hydrogen) atoms. The summed E-state index contributed by atoms with van der Waals surface area (Å²) in [5.74, 6) is 1.59. The van der Waals surface area contributed by atoms with Gasteiger partial charge in [-0.2, -0.15) is 0 Å². The van der Waals surface area contributed by atoms with Crippen LogP contribution in [0.1, 0.15) is 25.6 Å². The first-order valence-electron chi connectivity index (χ1n) is 6.75. The van der Waals surface area contributed by atoms with Gasteiger partial charge in [-0.25, -0.2) is 14.8 Å². The van der Waals surface area contributed by atoms with Crippen molar-refractivity contribution >= 4 is 23.5 Å². The van der Waals surface area contributed by atoms with E-state index >= 15 is 0 Å². The number of amides is 1. The summed E-state index contributed by atoms with van der Waals surface area (Å²) >= 11 is 6.04. The van der Waals surface area contributed by atoms with Gasteiger partial charge in [0.15, 0.2) is 0 Å². The lowest BCUT2D eigenvalue weighted by atomic mass is 10.3. The molecule has 1 aliphatic heterocycles. The maximum Gasteiger partial charge on any atom is 0.407 e. The molecule has 0 spiro atoms. The van der Waals surface area contributed by atoms with Gasteiger partial charge in [-0.1, -0.05) is 18.5 Å². The minimum Gasteiger partial charge on any atom is -0.453 e. The fourth-order valence-electron chi connectivity index (χ4n) is 2.26. The topological polar surface area (TPSA) is 67.4 Å². The quantitative estimate of drug-likeness (QED) is 0.861. The molecule has 2 rings (SSSR count). The number of halogens is 1. The molecular formula is C13H19ClN4O2. The van der Waals surface area contributed by atoms with Crippen molar-refractivity contribution < 1.29 is 9.53 Å². The molecule has 2 heterocycles. The molecule has 0 radical (unpaired) electrons. The van der Waals surface area contributed by atoms with Crippen molar-refractivity contribution in [2.24, 2.45) is 0 Å². The van der Waals surface area contributed by atoms with Crippen molar-refractivity contribution in [1.29, 1.82) is 0 Å². The standard InChI is InChI=1S/C13H19ClN4O2/c1-3-4-11-16-10(14)7-12(17-11)18-6-5-9(8-18)15-13(19)20-2/h7,9H,3-6,8H2,1-2H3,(H,15,19). The second-order valence-electron chi connectivity index (χ2n) is 4.78. The average Bonchev–Trinajstić information content (AvgIpc) is 2.87. The van der Waals surface area contributed by atoms with Crippen LogP contribution in [-0.4, -0.2) is 42.3 Å². The molecule has 7 heteroatoms. The van der Waals surface area contributed by atoms with E-state index in [-0.39, 0.29) is 6.04 Å². The Morgan fingerprint density at radius 3 is 3.10 bits per heavy atom. The average molecular weight is 299 g/mol. The zero-order valence-electron chi connectivity index (χ0n) is 11.7. The molecule has 1 amide bonds. The van der Waals surface area contributed by atoms with Gasteiger partial charge < -0.3 is 15.0 Å². The monoisotopic (exact) mass is 298 g/mol. The van der Waals surface area contributed by atoms with Gasteiger partial charge in [-0.3, -0.25) is 0 Å². The Balaban J connectivity index is 2.04. The van der Waals surface area contributed by atoms with Gasteiger partial charge in [0, 0.05) is 25.6 Å². The van der Waals surface area contributed by atoms with Gasteiger partial charge in [0.05, 0.1) is 13.2 Å². The van der Waals surface area contributed by atoms with Crippen molar-refractivity contribution in [2.45, 2.75) is 32.2 Å². The molecule has 1 unspecified atom stereocenters. The number of ether oxygens (including phenoxy) is 1. The Labute approximate surface area is 123 Å². The molecule has 1 aliphatic rings. The summed E-state index contributed by atoms with van der Waals surface area (Å²) in [5.41, 5.74) is 0. The molecular weight excluding hydrogens is 280 g/mol. The van der Waals surface area contributed by atoms with Crippen LogP contribution in [0.2, 0.25) is 5.15 Å². The van der Waals surface area contributed by atoms with Gasteiger partial charge in [0.2, 0.25) is 0 Å². The zero-order valence-corrected chi connectivity index (χ0v) is 12.5. The number of aryl methyl sites for hydroxylation is 1. The SMILES string of the molecule is CCCc1nc(Cl)cc(N2CCC(NC(=O)OC)C2)n1. The molecule has 0 bridgehead atoms. The van der Waals surface area contributed by atoms with E-state index in [4.69, 9.17) is 11.6 Å². The number of nitrogens with one attached hydrogen (secondary N) is 1. The van der Waals surface area contributed by atoms with E-state index in [1.807, 2.05) is 0 Å². The van der Waals surface area contributed by atoms with Crippen LogP contribution in [0, 0.1) is 0 Å². The highest BCUT2D eigenvalue weighted by Gasteiger charge is 2.25. The normalized spacial score (nSPS) is 18.1. The fraction of sp³-hybridized carbons (Fsp3) is 0.615.